The van der Waals surface area contributed by atoms with E-state index in [1.54, 1.807) is 0 Å². The highest BCUT2D eigenvalue weighted by atomic mass is 16.3. The van der Waals surface area contributed by atoms with E-state index in [0.717, 1.165) is 55.6 Å². The summed E-state index contributed by atoms with van der Waals surface area (Å²) in [6.07, 6.45) is 0. The molecule has 0 unspecified atom stereocenters. The number of para-hydroxylation sites is 5. The standard InChI is InChI=1S/C27H17N3O/c1-2-10-18(11-3-1)29-23-16-8-6-14-21(23)28-27(29)30-22-15-7-4-12-19(22)26-25(30)20-13-5-9-17-24(20)31-26/h1-17H. The van der Waals surface area contributed by atoms with Crippen molar-refractivity contribution in [2.75, 3.05) is 0 Å². The Balaban J connectivity index is 1.72. The molecule has 7 rings (SSSR count). The molecule has 0 aliphatic carbocycles. The fourth-order valence-corrected chi connectivity index (χ4v) is 4.62. The van der Waals surface area contributed by atoms with Gasteiger partial charge in [-0.25, -0.2) is 4.98 Å². The smallest absolute Gasteiger partial charge is 0.220 e. The number of aromatic nitrogens is 3. The Morgan fingerprint density at radius 1 is 0.581 bits per heavy atom. The van der Waals surface area contributed by atoms with Gasteiger partial charge in [-0.2, -0.15) is 0 Å². The monoisotopic (exact) mass is 399 g/mol. The van der Waals surface area contributed by atoms with Crippen molar-refractivity contribution in [3.63, 3.8) is 0 Å². The summed E-state index contributed by atoms with van der Waals surface area (Å²) in [5.74, 6) is 0.852. The lowest BCUT2D eigenvalue weighted by Crippen LogP contribution is -2.05. The summed E-state index contributed by atoms with van der Waals surface area (Å²) in [5, 5.41) is 2.17. The predicted molar refractivity (Wildman–Crippen MR) is 125 cm³/mol. The molecule has 4 heteroatoms. The van der Waals surface area contributed by atoms with Gasteiger partial charge >= 0.3 is 0 Å². The Bertz CT molecular complexity index is 1730. The third-order valence-corrected chi connectivity index (χ3v) is 5.94. The summed E-state index contributed by atoms with van der Waals surface area (Å²) in [6.45, 7) is 0. The molecule has 0 aliphatic rings. The number of benzene rings is 4. The van der Waals surface area contributed by atoms with Crippen LogP contribution >= 0.6 is 0 Å². The van der Waals surface area contributed by atoms with Crippen LogP contribution in [0, 0.1) is 0 Å². The summed E-state index contributed by atoms with van der Waals surface area (Å²) >= 11 is 0. The summed E-state index contributed by atoms with van der Waals surface area (Å²) in [5.41, 5.74) is 7.00. The van der Waals surface area contributed by atoms with Gasteiger partial charge in [0, 0.05) is 16.5 Å². The largest absolute Gasteiger partial charge is 0.454 e. The van der Waals surface area contributed by atoms with Gasteiger partial charge in [0.05, 0.1) is 16.6 Å². The minimum atomic E-state index is 0.852. The molecule has 3 aromatic heterocycles. The van der Waals surface area contributed by atoms with Gasteiger partial charge in [-0.05, 0) is 48.5 Å². The molecule has 31 heavy (non-hydrogen) atoms. The molecule has 0 atom stereocenters. The summed E-state index contributed by atoms with van der Waals surface area (Å²) in [6, 6.07) is 35.2. The fourth-order valence-electron chi connectivity index (χ4n) is 4.62. The molecule has 0 radical (unpaired) electrons. The lowest BCUT2D eigenvalue weighted by atomic mass is 10.2. The second-order valence-corrected chi connectivity index (χ2v) is 7.70. The highest BCUT2D eigenvalue weighted by Crippen LogP contribution is 2.39. The Kier molecular flexibility index (Phi) is 3.24. The summed E-state index contributed by atoms with van der Waals surface area (Å²) in [4.78, 5) is 5.10. The van der Waals surface area contributed by atoms with Gasteiger partial charge in [0.1, 0.15) is 11.1 Å². The van der Waals surface area contributed by atoms with Crippen LogP contribution in [-0.4, -0.2) is 14.1 Å². The third-order valence-electron chi connectivity index (χ3n) is 5.94. The number of furan rings is 1. The minimum Gasteiger partial charge on any atom is -0.454 e. The first-order valence-electron chi connectivity index (χ1n) is 10.3. The van der Waals surface area contributed by atoms with Crippen LogP contribution in [0.3, 0.4) is 0 Å². The van der Waals surface area contributed by atoms with E-state index in [4.69, 9.17) is 9.40 Å². The van der Waals surface area contributed by atoms with Crippen molar-refractivity contribution in [2.24, 2.45) is 0 Å². The number of rotatable bonds is 2. The van der Waals surface area contributed by atoms with Gasteiger partial charge in [0.15, 0.2) is 5.58 Å². The van der Waals surface area contributed by atoms with E-state index in [9.17, 15) is 0 Å². The van der Waals surface area contributed by atoms with Crippen molar-refractivity contribution < 1.29 is 4.42 Å². The van der Waals surface area contributed by atoms with Crippen LogP contribution < -0.4 is 0 Å². The molecule has 0 spiro atoms. The predicted octanol–water partition coefficient (Wildman–Crippen LogP) is 6.87. The van der Waals surface area contributed by atoms with Crippen LogP contribution in [0.1, 0.15) is 0 Å². The first-order valence-corrected chi connectivity index (χ1v) is 10.3. The zero-order valence-electron chi connectivity index (χ0n) is 16.6. The number of hydrogen-bond donors (Lipinski definition) is 0. The Labute approximate surface area is 177 Å². The molecule has 3 heterocycles. The lowest BCUT2D eigenvalue weighted by Gasteiger charge is -2.12. The lowest BCUT2D eigenvalue weighted by molar-refractivity contribution is 0.672. The van der Waals surface area contributed by atoms with Crippen LogP contribution in [-0.2, 0) is 0 Å². The van der Waals surface area contributed by atoms with Gasteiger partial charge in [0.25, 0.3) is 0 Å². The molecule has 0 amide bonds. The maximum Gasteiger partial charge on any atom is 0.220 e. The molecule has 0 fully saturated rings. The maximum atomic E-state index is 6.33. The van der Waals surface area contributed by atoms with Crippen LogP contribution in [0.15, 0.2) is 108 Å². The van der Waals surface area contributed by atoms with Gasteiger partial charge in [-0.1, -0.05) is 54.6 Å². The van der Waals surface area contributed by atoms with Crippen LogP contribution in [0.25, 0.3) is 55.6 Å². The first-order chi connectivity index (χ1) is 15.4. The highest BCUT2D eigenvalue weighted by Gasteiger charge is 2.23. The first kappa shape index (κ1) is 16.5. The molecule has 4 aromatic carbocycles. The molecule has 146 valence electrons. The SMILES string of the molecule is c1ccc(-n2c(-n3c4ccccc4c4oc5ccccc5c43)nc3ccccc32)cc1. The van der Waals surface area contributed by atoms with Gasteiger partial charge in [-0.3, -0.25) is 9.13 Å². The van der Waals surface area contributed by atoms with E-state index < -0.39 is 0 Å². The molecule has 0 saturated carbocycles. The molecular weight excluding hydrogens is 382 g/mol. The molecule has 0 N–H and O–H groups in total. The van der Waals surface area contributed by atoms with Crippen molar-refractivity contribution in [1.82, 2.24) is 14.1 Å². The molecule has 7 aromatic rings. The van der Waals surface area contributed by atoms with Crippen molar-refractivity contribution in [3.05, 3.63) is 103 Å². The van der Waals surface area contributed by atoms with Crippen molar-refractivity contribution >= 4 is 44.0 Å². The van der Waals surface area contributed by atoms with E-state index in [0.29, 0.717) is 0 Å². The average Bonchev–Trinajstić information content (AvgIpc) is 3.48. The number of nitrogens with zero attached hydrogens (tertiary/aromatic N) is 3. The normalized spacial score (nSPS) is 11.9. The quantitative estimate of drug-likeness (QED) is 0.318. The summed E-state index contributed by atoms with van der Waals surface area (Å²) < 4.78 is 10.8. The van der Waals surface area contributed by atoms with Crippen molar-refractivity contribution in [2.45, 2.75) is 0 Å². The van der Waals surface area contributed by atoms with Gasteiger partial charge in [0.2, 0.25) is 5.95 Å². The Morgan fingerprint density at radius 3 is 2.13 bits per heavy atom. The number of fused-ring (bicyclic) bond motifs is 6. The average molecular weight is 399 g/mol. The zero-order chi connectivity index (χ0) is 20.4. The second-order valence-electron chi connectivity index (χ2n) is 7.70. The minimum absolute atomic E-state index is 0.852. The number of hydrogen-bond acceptors (Lipinski definition) is 2. The van der Waals surface area contributed by atoms with E-state index >= 15 is 0 Å². The van der Waals surface area contributed by atoms with E-state index in [2.05, 4.69) is 88.0 Å². The molecular formula is C27H17N3O. The van der Waals surface area contributed by atoms with Gasteiger partial charge < -0.3 is 4.42 Å². The van der Waals surface area contributed by atoms with E-state index in [1.807, 2.05) is 24.3 Å². The molecule has 0 saturated heterocycles. The maximum absolute atomic E-state index is 6.33. The van der Waals surface area contributed by atoms with E-state index in [-0.39, 0.29) is 0 Å². The van der Waals surface area contributed by atoms with Crippen LogP contribution in [0.5, 0.6) is 0 Å². The molecule has 4 nitrogen and oxygen atoms in total. The van der Waals surface area contributed by atoms with E-state index in [1.165, 1.54) is 0 Å². The highest BCUT2D eigenvalue weighted by molar-refractivity contribution is 6.16. The summed E-state index contributed by atoms with van der Waals surface area (Å²) in [7, 11) is 0. The molecule has 0 aliphatic heterocycles. The number of imidazole rings is 1. The van der Waals surface area contributed by atoms with Crippen LogP contribution in [0.2, 0.25) is 0 Å². The Morgan fingerprint density at radius 2 is 1.26 bits per heavy atom. The third kappa shape index (κ3) is 2.21. The van der Waals surface area contributed by atoms with Gasteiger partial charge in [-0.15, -0.1) is 0 Å². The van der Waals surface area contributed by atoms with Crippen LogP contribution in [0.4, 0.5) is 0 Å². The molecule has 0 bridgehead atoms. The topological polar surface area (TPSA) is 35.9 Å². The van der Waals surface area contributed by atoms with Crippen molar-refractivity contribution in [1.29, 1.82) is 0 Å². The van der Waals surface area contributed by atoms with Crippen molar-refractivity contribution in [3.8, 4) is 11.6 Å². The second kappa shape index (κ2) is 6.09. The zero-order valence-corrected chi connectivity index (χ0v) is 16.6. The Hall–Kier alpha value is -4.31. The fraction of sp³-hybridized carbons (Fsp3) is 0.